The number of rotatable bonds is 1. The molecule has 2 nitrogen and oxygen atoms in total. The third-order valence-corrected chi connectivity index (χ3v) is 2.78. The summed E-state index contributed by atoms with van der Waals surface area (Å²) in [5.41, 5.74) is 1.11. The average molecular weight is 165 g/mol. The molecule has 0 unspecified atom stereocenters. The van der Waals surface area contributed by atoms with Gasteiger partial charge in [-0.3, -0.25) is 4.98 Å². The van der Waals surface area contributed by atoms with Crippen LogP contribution in [0.2, 0.25) is 0 Å². The molecule has 1 aliphatic rings. The first-order valence-corrected chi connectivity index (χ1v) is 4.64. The topological polar surface area (TPSA) is 16.1 Å². The molecule has 1 radical (unpaired) electrons. The molecule has 11 heavy (non-hydrogen) atoms. The Morgan fingerprint density at radius 2 is 2.64 bits per heavy atom. The van der Waals surface area contributed by atoms with Crippen LogP contribution in [-0.2, 0) is 0 Å². The van der Waals surface area contributed by atoms with E-state index in [0.29, 0.717) is 0 Å². The van der Waals surface area contributed by atoms with Gasteiger partial charge in [0.25, 0.3) is 0 Å². The summed E-state index contributed by atoms with van der Waals surface area (Å²) in [6, 6.07) is 4.00. The van der Waals surface area contributed by atoms with Crippen molar-refractivity contribution in [3.05, 3.63) is 24.5 Å². The number of aromatic nitrogens is 1. The van der Waals surface area contributed by atoms with Gasteiger partial charge in [0.05, 0.1) is 5.69 Å². The summed E-state index contributed by atoms with van der Waals surface area (Å²) in [6.45, 7) is 1.13. The number of anilines is 1. The fourth-order valence-corrected chi connectivity index (χ4v) is 2.07. The molecular weight excluding hydrogens is 156 g/mol. The van der Waals surface area contributed by atoms with Crippen LogP contribution in [0.3, 0.4) is 0 Å². The molecule has 2 heterocycles. The summed E-state index contributed by atoms with van der Waals surface area (Å²) in [7, 11) is 0. The molecule has 1 aromatic heterocycles. The highest BCUT2D eigenvalue weighted by atomic mass is 32.2. The molecular formula is C8H9N2S. The minimum absolute atomic E-state index is 1.11. The van der Waals surface area contributed by atoms with Crippen molar-refractivity contribution in [2.24, 2.45) is 0 Å². The lowest BCUT2D eigenvalue weighted by Crippen LogP contribution is -2.08. The van der Waals surface area contributed by atoms with Gasteiger partial charge in [-0.15, -0.1) is 0 Å². The predicted octanol–water partition coefficient (Wildman–Crippen LogP) is 1.74. The molecule has 0 aliphatic carbocycles. The third kappa shape index (κ3) is 1.48. The van der Waals surface area contributed by atoms with Crippen molar-refractivity contribution in [2.75, 3.05) is 16.6 Å². The first-order chi connectivity index (χ1) is 5.47. The normalized spacial score (nSPS) is 17.3. The highest BCUT2D eigenvalue weighted by Gasteiger charge is 2.12. The molecule has 0 amide bonds. The summed E-state index contributed by atoms with van der Waals surface area (Å²) in [5, 5.41) is 0. The molecule has 0 spiro atoms. The lowest BCUT2D eigenvalue weighted by atomic mass is 10.4. The van der Waals surface area contributed by atoms with Crippen molar-refractivity contribution in [3.8, 4) is 0 Å². The first-order valence-electron chi connectivity index (χ1n) is 3.70. The van der Waals surface area contributed by atoms with Crippen molar-refractivity contribution >= 4 is 17.6 Å². The standard InChI is InChI=1S/C8H9N2S/c1-3-8(7-9-4-1)10-5-2-6-11-10/h1,3-4H,2,5-6H2. The molecule has 2 rings (SSSR count). The van der Waals surface area contributed by atoms with Crippen LogP contribution in [0.1, 0.15) is 6.42 Å². The van der Waals surface area contributed by atoms with E-state index in [4.69, 9.17) is 0 Å². The maximum absolute atomic E-state index is 3.95. The minimum atomic E-state index is 1.11. The zero-order chi connectivity index (χ0) is 7.52. The first kappa shape index (κ1) is 6.98. The monoisotopic (exact) mass is 165 g/mol. The summed E-state index contributed by atoms with van der Waals surface area (Å²) >= 11 is 1.86. The molecule has 57 valence electrons. The highest BCUT2D eigenvalue weighted by Crippen LogP contribution is 2.26. The maximum Gasteiger partial charge on any atom is 0.115 e. The molecule has 0 N–H and O–H groups in total. The van der Waals surface area contributed by atoms with Gasteiger partial charge in [0, 0.05) is 18.5 Å². The lowest BCUT2D eigenvalue weighted by Gasteiger charge is -2.13. The van der Waals surface area contributed by atoms with Gasteiger partial charge in [-0.05, 0) is 30.5 Å². The van der Waals surface area contributed by atoms with Crippen LogP contribution in [0.25, 0.3) is 0 Å². The van der Waals surface area contributed by atoms with Gasteiger partial charge in [0.2, 0.25) is 0 Å². The van der Waals surface area contributed by atoms with Gasteiger partial charge >= 0.3 is 0 Å². The molecule has 3 heteroatoms. The Morgan fingerprint density at radius 3 is 3.27 bits per heavy atom. The molecule has 1 aromatic rings. The van der Waals surface area contributed by atoms with Gasteiger partial charge < -0.3 is 4.31 Å². The van der Waals surface area contributed by atoms with Gasteiger partial charge in [-0.25, -0.2) is 0 Å². The molecule has 1 fully saturated rings. The Kier molecular flexibility index (Phi) is 1.99. The van der Waals surface area contributed by atoms with Gasteiger partial charge in [-0.1, -0.05) is 0 Å². The Balaban J connectivity index is 2.16. The smallest absolute Gasteiger partial charge is 0.115 e. The van der Waals surface area contributed by atoms with Crippen molar-refractivity contribution in [1.82, 2.24) is 4.98 Å². The summed E-state index contributed by atoms with van der Waals surface area (Å²) in [4.78, 5) is 3.95. The quantitative estimate of drug-likeness (QED) is 0.590. The number of pyridine rings is 1. The number of hydrogen-bond acceptors (Lipinski definition) is 3. The van der Waals surface area contributed by atoms with Gasteiger partial charge in [0.1, 0.15) is 6.20 Å². The van der Waals surface area contributed by atoms with E-state index < -0.39 is 0 Å². The predicted molar refractivity (Wildman–Crippen MR) is 47.5 cm³/mol. The molecule has 0 saturated carbocycles. The zero-order valence-electron chi connectivity index (χ0n) is 6.16. The molecule has 1 aliphatic heterocycles. The van der Waals surface area contributed by atoms with E-state index in [-0.39, 0.29) is 0 Å². The summed E-state index contributed by atoms with van der Waals surface area (Å²) < 4.78 is 2.24. The average Bonchev–Trinajstić information content (AvgIpc) is 2.58. The Labute approximate surface area is 70.8 Å². The molecule has 1 saturated heterocycles. The van der Waals surface area contributed by atoms with Crippen molar-refractivity contribution < 1.29 is 0 Å². The SMILES string of the molecule is [c]1ncccc1N1CCCS1. The second kappa shape index (κ2) is 3.13. The van der Waals surface area contributed by atoms with Crippen molar-refractivity contribution in [2.45, 2.75) is 6.42 Å². The van der Waals surface area contributed by atoms with Crippen molar-refractivity contribution in [3.63, 3.8) is 0 Å². The number of hydrogen-bond donors (Lipinski definition) is 0. The fourth-order valence-electron chi connectivity index (χ4n) is 1.09. The van der Waals surface area contributed by atoms with Crippen LogP contribution in [0.4, 0.5) is 5.69 Å². The Hall–Kier alpha value is -0.700. The highest BCUT2D eigenvalue weighted by molar-refractivity contribution is 8.00. The zero-order valence-corrected chi connectivity index (χ0v) is 6.97. The second-order valence-corrected chi connectivity index (χ2v) is 3.53. The van der Waals surface area contributed by atoms with E-state index in [2.05, 4.69) is 15.5 Å². The minimum Gasteiger partial charge on any atom is -0.314 e. The summed E-state index contributed by atoms with van der Waals surface area (Å²) in [6.07, 6.45) is 5.99. The summed E-state index contributed by atoms with van der Waals surface area (Å²) in [5.74, 6) is 1.22. The van der Waals surface area contributed by atoms with E-state index in [1.165, 1.54) is 12.2 Å². The molecule has 0 aromatic carbocycles. The lowest BCUT2D eigenvalue weighted by molar-refractivity contribution is 0.985. The van der Waals surface area contributed by atoms with Crippen LogP contribution in [0.5, 0.6) is 0 Å². The van der Waals surface area contributed by atoms with E-state index >= 15 is 0 Å². The van der Waals surface area contributed by atoms with Gasteiger partial charge in [-0.2, -0.15) is 0 Å². The molecule has 0 atom stereocenters. The van der Waals surface area contributed by atoms with Crippen LogP contribution in [-0.4, -0.2) is 17.3 Å². The van der Waals surface area contributed by atoms with E-state index in [0.717, 1.165) is 12.2 Å². The van der Waals surface area contributed by atoms with E-state index in [9.17, 15) is 0 Å². The van der Waals surface area contributed by atoms with Crippen LogP contribution in [0.15, 0.2) is 18.3 Å². The number of nitrogens with zero attached hydrogens (tertiary/aromatic N) is 2. The Morgan fingerprint density at radius 1 is 1.64 bits per heavy atom. The van der Waals surface area contributed by atoms with Crippen LogP contribution >= 0.6 is 11.9 Å². The Bertz CT molecular complexity index is 219. The second-order valence-electron chi connectivity index (χ2n) is 2.42. The van der Waals surface area contributed by atoms with E-state index in [1.54, 1.807) is 6.20 Å². The fraction of sp³-hybridized carbons (Fsp3) is 0.375. The maximum atomic E-state index is 3.95. The van der Waals surface area contributed by atoms with Crippen LogP contribution in [0, 0.1) is 6.20 Å². The van der Waals surface area contributed by atoms with Crippen molar-refractivity contribution in [1.29, 1.82) is 0 Å². The van der Waals surface area contributed by atoms with Gasteiger partial charge in [0.15, 0.2) is 0 Å². The molecule has 0 bridgehead atoms. The largest absolute Gasteiger partial charge is 0.314 e. The van der Waals surface area contributed by atoms with Crippen LogP contribution < -0.4 is 4.31 Å². The third-order valence-electron chi connectivity index (χ3n) is 1.62. The van der Waals surface area contributed by atoms with E-state index in [1.807, 2.05) is 24.1 Å².